The van der Waals surface area contributed by atoms with Crippen molar-refractivity contribution in [2.24, 2.45) is 13.0 Å². The summed E-state index contributed by atoms with van der Waals surface area (Å²) in [5.41, 5.74) is 3.99. The fourth-order valence-electron chi connectivity index (χ4n) is 5.21. The van der Waals surface area contributed by atoms with Crippen LogP contribution in [0.2, 0.25) is 0 Å². The summed E-state index contributed by atoms with van der Waals surface area (Å²) in [5.74, 6) is 2.19. The Bertz CT molecular complexity index is 1710. The molecule has 0 unspecified atom stereocenters. The standard InChI is InChI=1S/C36H36N4O5S/c1-24-32(23-46-36-37-20-21-40(36)2)44-34(45-33(24)26-10-8-25(22-41)9-11-26)27-12-14-28(15-13-27)38-35(42)39-29-16-18-31(19-17-29)43-30-6-4-3-5-7-30/h3-21,24,32-34,41H,22-23H2,1-2H3,(H2,38,39,42)/t24-,32+,33+,34+/m0/s1. The number of nitrogens with zero attached hydrogens (tertiary/aromatic N) is 2. The van der Waals surface area contributed by atoms with E-state index in [2.05, 4.69) is 22.5 Å². The first kappa shape index (κ1) is 31.4. The lowest BCUT2D eigenvalue weighted by Crippen LogP contribution is -2.38. The molecule has 46 heavy (non-hydrogen) atoms. The number of anilines is 2. The van der Waals surface area contributed by atoms with Gasteiger partial charge in [0.25, 0.3) is 0 Å². The average molecular weight is 637 g/mol. The molecular weight excluding hydrogens is 600 g/mol. The predicted molar refractivity (Wildman–Crippen MR) is 179 cm³/mol. The monoisotopic (exact) mass is 636 g/mol. The molecule has 0 radical (unpaired) electrons. The maximum atomic E-state index is 12.7. The van der Waals surface area contributed by atoms with E-state index in [1.165, 1.54) is 0 Å². The third kappa shape index (κ3) is 7.78. The Morgan fingerprint density at radius 2 is 1.50 bits per heavy atom. The van der Waals surface area contributed by atoms with Crippen molar-refractivity contribution in [3.8, 4) is 11.5 Å². The van der Waals surface area contributed by atoms with E-state index >= 15 is 0 Å². The number of para-hydroxylation sites is 1. The fourth-order valence-corrected chi connectivity index (χ4v) is 6.30. The molecular formula is C36H36N4O5S. The number of amides is 2. The molecule has 4 aromatic carbocycles. The van der Waals surface area contributed by atoms with Crippen LogP contribution in [0.15, 0.2) is 121 Å². The first-order chi connectivity index (χ1) is 22.4. The van der Waals surface area contributed by atoms with Gasteiger partial charge in [-0.3, -0.25) is 0 Å². The first-order valence-corrected chi connectivity index (χ1v) is 16.1. The van der Waals surface area contributed by atoms with Crippen LogP contribution in [0.4, 0.5) is 16.2 Å². The van der Waals surface area contributed by atoms with Crippen molar-refractivity contribution in [2.45, 2.75) is 37.2 Å². The summed E-state index contributed by atoms with van der Waals surface area (Å²) < 4.78 is 20.9. The summed E-state index contributed by atoms with van der Waals surface area (Å²) in [4.78, 5) is 17.2. The van der Waals surface area contributed by atoms with Gasteiger partial charge in [0.05, 0.1) is 18.8 Å². The third-order valence-corrected chi connectivity index (χ3v) is 8.96. The molecule has 5 aromatic rings. The minimum absolute atomic E-state index is 0.00950. The SMILES string of the molecule is C[C@H]1[C@@H](CSc2nccn2C)O[C@@H](c2ccc(NC(=O)Nc3ccc(Oc4ccccc4)cc3)cc2)O[C@H]1c1ccc(CO)cc1. The molecule has 0 spiro atoms. The summed E-state index contributed by atoms with van der Waals surface area (Å²) in [7, 11) is 1.98. The molecule has 2 amide bonds. The maximum absolute atomic E-state index is 12.7. The number of imidazole rings is 1. The zero-order valence-electron chi connectivity index (χ0n) is 25.6. The number of hydrogen-bond donors (Lipinski definition) is 3. The largest absolute Gasteiger partial charge is 0.457 e. The Morgan fingerprint density at radius 1 is 0.870 bits per heavy atom. The lowest BCUT2D eigenvalue weighted by molar-refractivity contribution is -0.268. The number of nitrogens with one attached hydrogen (secondary N) is 2. The van der Waals surface area contributed by atoms with Gasteiger partial charge in [0.15, 0.2) is 11.4 Å². The second kappa shape index (κ2) is 14.7. The van der Waals surface area contributed by atoms with Crippen molar-refractivity contribution in [1.82, 2.24) is 9.55 Å². The van der Waals surface area contributed by atoms with Crippen LogP contribution in [0.3, 0.4) is 0 Å². The topological polar surface area (TPSA) is 107 Å². The van der Waals surface area contributed by atoms with Gasteiger partial charge >= 0.3 is 6.03 Å². The van der Waals surface area contributed by atoms with Crippen molar-refractivity contribution in [3.63, 3.8) is 0 Å². The van der Waals surface area contributed by atoms with E-state index < -0.39 is 6.29 Å². The summed E-state index contributed by atoms with van der Waals surface area (Å²) in [5, 5.41) is 16.2. The maximum Gasteiger partial charge on any atom is 0.323 e. The number of aromatic nitrogens is 2. The van der Waals surface area contributed by atoms with Gasteiger partial charge in [-0.05, 0) is 59.7 Å². The lowest BCUT2D eigenvalue weighted by atomic mass is 9.91. The fraction of sp³-hybridized carbons (Fsp3) is 0.222. The number of carbonyl (C=O) groups is 1. The molecule has 236 valence electrons. The Hall–Kier alpha value is -4.61. The van der Waals surface area contributed by atoms with E-state index in [1.807, 2.05) is 96.7 Å². The summed E-state index contributed by atoms with van der Waals surface area (Å²) in [6, 6.07) is 31.7. The van der Waals surface area contributed by atoms with Crippen LogP contribution < -0.4 is 15.4 Å². The van der Waals surface area contributed by atoms with Crippen LogP contribution in [0.5, 0.6) is 11.5 Å². The Balaban J connectivity index is 1.10. The van der Waals surface area contributed by atoms with E-state index in [-0.39, 0.29) is 30.8 Å². The molecule has 0 saturated carbocycles. The van der Waals surface area contributed by atoms with Crippen LogP contribution >= 0.6 is 11.8 Å². The number of thioether (sulfide) groups is 1. The molecule has 9 nitrogen and oxygen atoms in total. The number of carbonyl (C=O) groups excluding carboxylic acids is 1. The van der Waals surface area contributed by atoms with Crippen molar-refractivity contribution >= 4 is 29.2 Å². The number of aryl methyl sites for hydroxylation is 1. The van der Waals surface area contributed by atoms with Gasteiger partial charge in [0.1, 0.15) is 11.5 Å². The third-order valence-electron chi connectivity index (χ3n) is 7.81. The molecule has 3 N–H and O–H groups in total. The van der Waals surface area contributed by atoms with Gasteiger partial charge in [-0.1, -0.05) is 73.3 Å². The number of urea groups is 1. The number of aliphatic hydroxyl groups excluding tert-OH is 1. The highest BCUT2D eigenvalue weighted by Crippen LogP contribution is 2.43. The Kier molecular flexibility index (Phi) is 10.00. The van der Waals surface area contributed by atoms with Gasteiger partial charge in [0.2, 0.25) is 0 Å². The number of hydrogen-bond acceptors (Lipinski definition) is 7. The summed E-state index contributed by atoms with van der Waals surface area (Å²) in [6.45, 7) is 2.13. The van der Waals surface area contributed by atoms with E-state index in [9.17, 15) is 9.90 Å². The molecule has 1 aliphatic rings. The number of benzene rings is 4. The van der Waals surface area contributed by atoms with Crippen LogP contribution in [-0.4, -0.2) is 32.5 Å². The highest BCUT2D eigenvalue weighted by molar-refractivity contribution is 7.99. The van der Waals surface area contributed by atoms with Crippen molar-refractivity contribution < 1.29 is 24.1 Å². The molecule has 0 bridgehead atoms. The highest BCUT2D eigenvalue weighted by atomic mass is 32.2. The minimum Gasteiger partial charge on any atom is -0.457 e. The predicted octanol–water partition coefficient (Wildman–Crippen LogP) is 7.93. The zero-order valence-corrected chi connectivity index (χ0v) is 26.4. The van der Waals surface area contributed by atoms with Gasteiger partial charge in [-0.2, -0.15) is 0 Å². The summed E-state index contributed by atoms with van der Waals surface area (Å²) in [6.07, 6.45) is 2.78. The van der Waals surface area contributed by atoms with E-state index in [4.69, 9.17) is 14.2 Å². The Labute approximate surface area is 272 Å². The Morgan fingerprint density at radius 3 is 2.13 bits per heavy atom. The minimum atomic E-state index is -0.606. The quantitative estimate of drug-likeness (QED) is 0.134. The molecule has 2 heterocycles. The van der Waals surface area contributed by atoms with Crippen LogP contribution in [0.1, 0.15) is 36.0 Å². The number of rotatable bonds is 10. The van der Waals surface area contributed by atoms with Crippen LogP contribution in [0.25, 0.3) is 0 Å². The van der Waals surface area contributed by atoms with Gasteiger partial charge in [0, 0.05) is 48.1 Å². The molecule has 1 aromatic heterocycles. The van der Waals surface area contributed by atoms with E-state index in [1.54, 1.807) is 42.2 Å². The van der Waals surface area contributed by atoms with E-state index in [0.717, 1.165) is 27.6 Å². The number of aliphatic hydroxyl groups is 1. The first-order valence-electron chi connectivity index (χ1n) is 15.1. The molecule has 1 aliphatic heterocycles. The molecule has 1 saturated heterocycles. The van der Waals surface area contributed by atoms with Crippen molar-refractivity contribution in [1.29, 1.82) is 0 Å². The highest BCUT2D eigenvalue weighted by Gasteiger charge is 2.38. The zero-order chi connectivity index (χ0) is 31.9. The van der Waals surface area contributed by atoms with Crippen LogP contribution in [0, 0.1) is 5.92 Å². The normalized spacial score (nSPS) is 19.4. The van der Waals surface area contributed by atoms with Crippen molar-refractivity contribution in [3.05, 3.63) is 132 Å². The molecule has 6 rings (SSSR count). The number of ether oxygens (including phenoxy) is 3. The molecule has 0 aliphatic carbocycles. The molecule has 4 atom stereocenters. The van der Waals surface area contributed by atoms with Crippen molar-refractivity contribution in [2.75, 3.05) is 16.4 Å². The van der Waals surface area contributed by atoms with E-state index in [0.29, 0.717) is 22.9 Å². The second-order valence-corrected chi connectivity index (χ2v) is 12.1. The second-order valence-electron chi connectivity index (χ2n) is 11.1. The average Bonchev–Trinajstić information content (AvgIpc) is 3.50. The van der Waals surface area contributed by atoms with Gasteiger partial charge < -0.3 is 34.5 Å². The van der Waals surface area contributed by atoms with Gasteiger partial charge in [-0.25, -0.2) is 9.78 Å². The van der Waals surface area contributed by atoms with Crippen LogP contribution in [-0.2, 0) is 23.1 Å². The lowest BCUT2D eigenvalue weighted by Gasteiger charge is -2.41. The van der Waals surface area contributed by atoms with Gasteiger partial charge in [-0.15, -0.1) is 0 Å². The summed E-state index contributed by atoms with van der Waals surface area (Å²) >= 11 is 1.65. The molecule has 1 fully saturated rings. The smallest absolute Gasteiger partial charge is 0.323 e. The molecule has 10 heteroatoms.